The first kappa shape index (κ1) is 30.1. The number of amides is 2. The van der Waals surface area contributed by atoms with Crippen LogP contribution in [0.3, 0.4) is 0 Å². The van der Waals surface area contributed by atoms with Crippen molar-refractivity contribution in [1.29, 1.82) is 0 Å². The second kappa shape index (κ2) is 15.8. The van der Waals surface area contributed by atoms with Crippen molar-refractivity contribution in [2.24, 2.45) is 10.8 Å². The van der Waals surface area contributed by atoms with Crippen LogP contribution < -0.4 is 21.0 Å². The maximum absolute atomic E-state index is 12.7. The van der Waals surface area contributed by atoms with Crippen molar-refractivity contribution in [3.05, 3.63) is 90.2 Å². The third kappa shape index (κ3) is 8.81. The molecule has 3 N–H and O–H groups in total. The molecule has 2 amide bonds. The SMILES string of the molecule is CC.CN(/N=C(\CN)NC(=O)c1ccc(N2CCN(C(=O)OCC3=CC=CCC=C3)CC2)nc1)c1ccccc1. The molecule has 10 heteroatoms. The fourth-order valence-corrected chi connectivity index (χ4v) is 3.98. The highest BCUT2D eigenvalue weighted by Gasteiger charge is 2.23. The van der Waals surface area contributed by atoms with Gasteiger partial charge in [-0.1, -0.05) is 62.4 Å². The van der Waals surface area contributed by atoms with Crippen molar-refractivity contribution in [2.45, 2.75) is 20.3 Å². The Kier molecular flexibility index (Phi) is 11.9. The van der Waals surface area contributed by atoms with Crippen LogP contribution >= 0.6 is 0 Å². The number of benzene rings is 1. The Morgan fingerprint density at radius 1 is 1.07 bits per heavy atom. The maximum Gasteiger partial charge on any atom is 0.410 e. The number of allylic oxidation sites excluding steroid dienone is 4. The van der Waals surface area contributed by atoms with E-state index in [-0.39, 0.29) is 25.2 Å². The molecule has 2 heterocycles. The summed E-state index contributed by atoms with van der Waals surface area (Å²) in [5.41, 5.74) is 8.04. The number of hydrogen-bond acceptors (Lipinski definition) is 8. The molecule has 1 saturated heterocycles. The predicted octanol–water partition coefficient (Wildman–Crippen LogP) is 3.95. The number of hydrogen-bond donors (Lipinski definition) is 2. The van der Waals surface area contributed by atoms with Crippen LogP contribution in [0.15, 0.2) is 89.7 Å². The first-order chi connectivity index (χ1) is 19.5. The fourth-order valence-electron chi connectivity index (χ4n) is 3.98. The van der Waals surface area contributed by atoms with Gasteiger partial charge in [-0.05, 0) is 36.3 Å². The van der Waals surface area contributed by atoms with E-state index in [1.165, 1.54) is 6.20 Å². The largest absolute Gasteiger partial charge is 0.445 e. The number of carbonyl (C=O) groups excluding carboxylic acids is 2. The molecule has 1 fully saturated rings. The lowest BCUT2D eigenvalue weighted by molar-refractivity contribution is 0.0975. The van der Waals surface area contributed by atoms with Crippen LogP contribution in [0.2, 0.25) is 0 Å². The summed E-state index contributed by atoms with van der Waals surface area (Å²) in [6.45, 7) is 6.63. The first-order valence-corrected chi connectivity index (χ1v) is 13.6. The maximum atomic E-state index is 12.7. The predicted molar refractivity (Wildman–Crippen MR) is 160 cm³/mol. The molecule has 4 rings (SSSR count). The van der Waals surface area contributed by atoms with Gasteiger partial charge in [0, 0.05) is 39.4 Å². The Morgan fingerprint density at radius 2 is 1.82 bits per heavy atom. The lowest BCUT2D eigenvalue weighted by Gasteiger charge is -2.34. The zero-order valence-corrected chi connectivity index (χ0v) is 23.5. The number of nitrogens with zero attached hydrogens (tertiary/aromatic N) is 5. The van der Waals surface area contributed by atoms with Crippen molar-refractivity contribution in [3.8, 4) is 0 Å². The van der Waals surface area contributed by atoms with Gasteiger partial charge in [-0.25, -0.2) is 9.78 Å². The number of nitrogens with one attached hydrogen (secondary N) is 1. The van der Waals surface area contributed by atoms with E-state index >= 15 is 0 Å². The van der Waals surface area contributed by atoms with E-state index in [2.05, 4.69) is 26.4 Å². The summed E-state index contributed by atoms with van der Waals surface area (Å²) in [7, 11) is 1.79. The number of amidine groups is 1. The second-order valence-electron chi connectivity index (χ2n) is 8.81. The molecule has 2 aliphatic rings. The molecule has 0 spiro atoms. The van der Waals surface area contributed by atoms with Gasteiger partial charge in [0.05, 0.1) is 17.8 Å². The van der Waals surface area contributed by atoms with Gasteiger partial charge in [-0.2, -0.15) is 5.10 Å². The monoisotopic (exact) mass is 545 g/mol. The number of piperazine rings is 1. The minimum atomic E-state index is -0.337. The van der Waals surface area contributed by atoms with Crippen LogP contribution in [0.1, 0.15) is 30.6 Å². The molecule has 40 heavy (non-hydrogen) atoms. The third-order valence-electron chi connectivity index (χ3n) is 6.14. The Labute approximate surface area is 236 Å². The van der Waals surface area contributed by atoms with Gasteiger partial charge in [-0.3, -0.25) is 9.80 Å². The van der Waals surface area contributed by atoms with E-state index in [1.54, 1.807) is 29.1 Å². The Hall–Kier alpha value is -4.44. The highest BCUT2D eigenvalue weighted by atomic mass is 16.6. The highest BCUT2D eigenvalue weighted by Crippen LogP contribution is 2.16. The minimum Gasteiger partial charge on any atom is -0.445 e. The molecule has 1 aliphatic heterocycles. The van der Waals surface area contributed by atoms with Crippen LogP contribution in [-0.4, -0.2) is 74.1 Å². The molecule has 0 atom stereocenters. The molecule has 1 aromatic carbocycles. The molecule has 10 nitrogen and oxygen atoms in total. The molecule has 2 aromatic rings. The summed E-state index contributed by atoms with van der Waals surface area (Å²) in [4.78, 5) is 33.5. The van der Waals surface area contributed by atoms with Gasteiger partial charge in [0.2, 0.25) is 0 Å². The van der Waals surface area contributed by atoms with Gasteiger partial charge in [0.1, 0.15) is 18.3 Å². The van der Waals surface area contributed by atoms with E-state index in [9.17, 15) is 9.59 Å². The Morgan fingerprint density at radius 3 is 2.50 bits per heavy atom. The van der Waals surface area contributed by atoms with Gasteiger partial charge >= 0.3 is 6.09 Å². The summed E-state index contributed by atoms with van der Waals surface area (Å²) in [6.07, 6.45) is 12.1. The lowest BCUT2D eigenvalue weighted by Crippen LogP contribution is -2.49. The number of pyridine rings is 1. The van der Waals surface area contributed by atoms with E-state index in [4.69, 9.17) is 10.5 Å². The smallest absolute Gasteiger partial charge is 0.410 e. The summed E-state index contributed by atoms with van der Waals surface area (Å²) in [5.74, 6) is 0.749. The van der Waals surface area contributed by atoms with Crippen LogP contribution in [0, 0.1) is 0 Å². The standard InChI is InChI=1S/C28H33N7O3.C2H6/c1-33(24-11-7-4-8-12-24)32-25(19-29)31-27(36)23-13-14-26(30-20-23)34-15-17-35(18-16-34)28(37)38-21-22-9-5-2-3-6-10-22;1-2/h2,4-14,20H,3,15-19,21,29H2,1H3,(H,31,32,36);1-2H3. The minimum absolute atomic E-state index is 0.0759. The first-order valence-electron chi connectivity index (χ1n) is 13.6. The normalized spacial score (nSPS) is 14.9. The van der Waals surface area contributed by atoms with Crippen molar-refractivity contribution in [2.75, 3.05) is 56.3 Å². The number of nitrogens with two attached hydrogens (primary N) is 1. The highest BCUT2D eigenvalue weighted by molar-refractivity contribution is 6.07. The molecule has 0 radical (unpaired) electrons. The molecule has 0 saturated carbocycles. The van der Waals surface area contributed by atoms with Gasteiger partial charge < -0.3 is 25.6 Å². The van der Waals surface area contributed by atoms with Crippen molar-refractivity contribution in [3.63, 3.8) is 0 Å². The van der Waals surface area contributed by atoms with Gasteiger partial charge in [0.25, 0.3) is 5.91 Å². The van der Waals surface area contributed by atoms with E-state index in [0.29, 0.717) is 37.6 Å². The Balaban J connectivity index is 0.00000216. The van der Waals surface area contributed by atoms with Crippen LogP contribution in [0.4, 0.5) is 16.3 Å². The number of ether oxygens (including phenoxy) is 1. The van der Waals surface area contributed by atoms with Crippen LogP contribution in [0.25, 0.3) is 0 Å². The average Bonchev–Trinajstić information content (AvgIpc) is 3.30. The number of anilines is 2. The van der Waals surface area contributed by atoms with Crippen LogP contribution in [0.5, 0.6) is 0 Å². The Bertz CT molecular complexity index is 1220. The average molecular weight is 546 g/mol. The summed E-state index contributed by atoms with van der Waals surface area (Å²) < 4.78 is 5.48. The third-order valence-corrected chi connectivity index (χ3v) is 6.14. The summed E-state index contributed by atoms with van der Waals surface area (Å²) in [6, 6.07) is 13.1. The van der Waals surface area contributed by atoms with E-state index in [1.807, 2.05) is 68.5 Å². The van der Waals surface area contributed by atoms with Crippen molar-refractivity contribution >= 4 is 29.3 Å². The molecule has 1 aliphatic carbocycles. The van der Waals surface area contributed by atoms with Crippen molar-refractivity contribution < 1.29 is 14.3 Å². The lowest BCUT2D eigenvalue weighted by atomic mass is 10.2. The molecular formula is C30H39N7O3. The van der Waals surface area contributed by atoms with E-state index < -0.39 is 0 Å². The fraction of sp³-hybridized carbons (Fsp3) is 0.333. The van der Waals surface area contributed by atoms with Gasteiger partial charge in [-0.15, -0.1) is 0 Å². The molecule has 1 aromatic heterocycles. The number of hydrazone groups is 1. The number of aromatic nitrogens is 1. The number of para-hydroxylation sites is 1. The molecular weight excluding hydrogens is 506 g/mol. The topological polar surface area (TPSA) is 116 Å². The van der Waals surface area contributed by atoms with Crippen molar-refractivity contribution in [1.82, 2.24) is 15.2 Å². The van der Waals surface area contributed by atoms with Crippen LogP contribution in [-0.2, 0) is 4.74 Å². The quantitative estimate of drug-likeness (QED) is 0.307. The number of rotatable bonds is 7. The summed E-state index contributed by atoms with van der Waals surface area (Å²) in [5, 5.41) is 8.82. The second-order valence-corrected chi connectivity index (χ2v) is 8.81. The van der Waals surface area contributed by atoms with E-state index in [0.717, 1.165) is 23.5 Å². The zero-order valence-electron chi connectivity index (χ0n) is 23.5. The molecule has 0 unspecified atom stereocenters. The summed E-state index contributed by atoms with van der Waals surface area (Å²) >= 11 is 0. The molecule has 0 bridgehead atoms. The zero-order chi connectivity index (χ0) is 28.7. The molecule has 212 valence electrons. The number of carbonyl (C=O) groups is 2. The van der Waals surface area contributed by atoms with Gasteiger partial charge in [0.15, 0.2) is 0 Å².